The van der Waals surface area contributed by atoms with Gasteiger partial charge >= 0.3 is 0 Å². The molecule has 0 spiro atoms. The summed E-state index contributed by atoms with van der Waals surface area (Å²) >= 11 is 3.38. The summed E-state index contributed by atoms with van der Waals surface area (Å²) in [5, 5.41) is 2.38. The first-order valence-electron chi connectivity index (χ1n) is 6.69. The Morgan fingerprint density at radius 2 is 1.67 bits per heavy atom. The van der Waals surface area contributed by atoms with Crippen molar-refractivity contribution in [2.45, 2.75) is 0 Å². The summed E-state index contributed by atoms with van der Waals surface area (Å²) in [4.78, 5) is 12.1. The molecule has 0 radical (unpaired) electrons. The van der Waals surface area contributed by atoms with Gasteiger partial charge in [-0.15, -0.1) is 0 Å². The van der Waals surface area contributed by atoms with Gasteiger partial charge < -0.3 is 0 Å². The molecule has 1 nitrogen and oxygen atoms in total. The Balaban J connectivity index is 1.85. The summed E-state index contributed by atoms with van der Waals surface area (Å²) in [5.74, 6) is 0.00413. The minimum atomic E-state index is 0.00413. The molecule has 0 aliphatic carbocycles. The van der Waals surface area contributed by atoms with Crippen molar-refractivity contribution < 1.29 is 4.79 Å². The highest BCUT2D eigenvalue weighted by Crippen LogP contribution is 2.17. The first-order valence-corrected chi connectivity index (χ1v) is 7.48. The van der Waals surface area contributed by atoms with Crippen LogP contribution in [0.2, 0.25) is 0 Å². The monoisotopic (exact) mass is 336 g/mol. The van der Waals surface area contributed by atoms with E-state index >= 15 is 0 Å². The second kappa shape index (κ2) is 6.06. The molecule has 21 heavy (non-hydrogen) atoms. The van der Waals surface area contributed by atoms with Crippen molar-refractivity contribution in [3.63, 3.8) is 0 Å². The third-order valence-electron chi connectivity index (χ3n) is 3.31. The number of benzene rings is 3. The van der Waals surface area contributed by atoms with Crippen LogP contribution < -0.4 is 0 Å². The lowest BCUT2D eigenvalue weighted by Crippen LogP contribution is -1.93. The predicted molar refractivity (Wildman–Crippen MR) is 91.5 cm³/mol. The molecular formula is C19H13BrO. The van der Waals surface area contributed by atoms with Crippen molar-refractivity contribution >= 4 is 38.6 Å². The van der Waals surface area contributed by atoms with E-state index in [1.165, 1.54) is 10.8 Å². The average molecular weight is 337 g/mol. The highest BCUT2D eigenvalue weighted by Gasteiger charge is 2.01. The molecular weight excluding hydrogens is 324 g/mol. The van der Waals surface area contributed by atoms with Crippen LogP contribution in [0.4, 0.5) is 0 Å². The van der Waals surface area contributed by atoms with Crippen LogP contribution in [0.15, 0.2) is 77.3 Å². The Morgan fingerprint density at radius 1 is 0.857 bits per heavy atom. The fourth-order valence-corrected chi connectivity index (χ4v) is 2.62. The summed E-state index contributed by atoms with van der Waals surface area (Å²) in [7, 11) is 0. The molecule has 3 aromatic carbocycles. The number of carbonyl (C=O) groups is 1. The number of allylic oxidation sites excluding steroid dienone is 1. The predicted octanol–water partition coefficient (Wildman–Crippen LogP) is 5.50. The Morgan fingerprint density at radius 3 is 2.48 bits per heavy atom. The largest absolute Gasteiger partial charge is 0.289 e. The lowest BCUT2D eigenvalue weighted by atomic mass is 10.1. The SMILES string of the molecule is O=C(C=Cc1ccc2ccccc2c1)c1cccc(Br)c1. The molecule has 0 aromatic heterocycles. The zero-order valence-corrected chi connectivity index (χ0v) is 12.9. The maximum Gasteiger partial charge on any atom is 0.185 e. The summed E-state index contributed by atoms with van der Waals surface area (Å²) in [6.07, 6.45) is 3.47. The topological polar surface area (TPSA) is 17.1 Å². The number of carbonyl (C=O) groups excluding carboxylic acids is 1. The Bertz CT molecular complexity index is 834. The summed E-state index contributed by atoms with van der Waals surface area (Å²) in [5.41, 5.74) is 1.71. The van der Waals surface area contributed by atoms with Crippen molar-refractivity contribution in [2.75, 3.05) is 0 Å². The van der Waals surface area contributed by atoms with E-state index in [-0.39, 0.29) is 5.78 Å². The van der Waals surface area contributed by atoms with Crippen LogP contribution in [-0.4, -0.2) is 5.78 Å². The fraction of sp³-hybridized carbons (Fsp3) is 0. The molecule has 0 aliphatic heterocycles. The van der Waals surface area contributed by atoms with Gasteiger partial charge in [-0.2, -0.15) is 0 Å². The minimum absolute atomic E-state index is 0.00413. The van der Waals surface area contributed by atoms with E-state index in [0.717, 1.165) is 10.0 Å². The highest BCUT2D eigenvalue weighted by molar-refractivity contribution is 9.10. The van der Waals surface area contributed by atoms with Crippen molar-refractivity contribution in [2.24, 2.45) is 0 Å². The van der Waals surface area contributed by atoms with Gasteiger partial charge in [0.15, 0.2) is 5.78 Å². The van der Waals surface area contributed by atoms with Crippen LogP contribution in [0.25, 0.3) is 16.8 Å². The molecule has 3 aromatic rings. The summed E-state index contributed by atoms with van der Waals surface area (Å²) in [6, 6.07) is 21.8. The molecule has 0 fully saturated rings. The van der Waals surface area contributed by atoms with Crippen molar-refractivity contribution in [3.05, 3.63) is 88.4 Å². The minimum Gasteiger partial charge on any atom is -0.289 e. The standard InChI is InChI=1S/C19H13BrO/c20-18-7-3-6-17(13-18)19(21)11-9-14-8-10-15-4-1-2-5-16(15)12-14/h1-13H. The van der Waals surface area contributed by atoms with Crippen LogP contribution in [0, 0.1) is 0 Å². The van der Waals surface area contributed by atoms with E-state index in [0.29, 0.717) is 5.56 Å². The van der Waals surface area contributed by atoms with Gasteiger partial charge in [0, 0.05) is 10.0 Å². The lowest BCUT2D eigenvalue weighted by Gasteiger charge is -1.99. The van der Waals surface area contributed by atoms with Gasteiger partial charge in [0.2, 0.25) is 0 Å². The molecule has 0 saturated carbocycles. The van der Waals surface area contributed by atoms with E-state index in [9.17, 15) is 4.79 Å². The molecule has 0 amide bonds. The van der Waals surface area contributed by atoms with E-state index in [2.05, 4.69) is 40.2 Å². The molecule has 0 bridgehead atoms. The van der Waals surface area contributed by atoms with Crippen LogP contribution in [-0.2, 0) is 0 Å². The number of ketones is 1. The van der Waals surface area contributed by atoms with Gasteiger partial charge in [-0.05, 0) is 40.6 Å². The fourth-order valence-electron chi connectivity index (χ4n) is 2.22. The molecule has 2 heteroatoms. The van der Waals surface area contributed by atoms with Crippen LogP contribution in [0.3, 0.4) is 0 Å². The third kappa shape index (κ3) is 3.29. The van der Waals surface area contributed by atoms with Crippen LogP contribution >= 0.6 is 15.9 Å². The molecule has 0 N–H and O–H groups in total. The van der Waals surface area contributed by atoms with E-state index < -0.39 is 0 Å². The number of rotatable bonds is 3. The van der Waals surface area contributed by atoms with E-state index in [1.807, 2.05) is 48.5 Å². The number of hydrogen-bond acceptors (Lipinski definition) is 1. The Labute approximate surface area is 132 Å². The van der Waals surface area contributed by atoms with Crippen LogP contribution in [0.1, 0.15) is 15.9 Å². The van der Waals surface area contributed by atoms with Gasteiger partial charge in [0.1, 0.15) is 0 Å². The Hall–Kier alpha value is -2.19. The molecule has 0 aliphatic rings. The number of hydrogen-bond donors (Lipinski definition) is 0. The maximum atomic E-state index is 12.1. The third-order valence-corrected chi connectivity index (χ3v) is 3.80. The van der Waals surface area contributed by atoms with E-state index in [4.69, 9.17) is 0 Å². The quantitative estimate of drug-likeness (QED) is 0.456. The highest BCUT2D eigenvalue weighted by atomic mass is 79.9. The van der Waals surface area contributed by atoms with E-state index in [1.54, 1.807) is 6.08 Å². The molecule has 0 unspecified atom stereocenters. The molecule has 3 rings (SSSR count). The molecule has 0 heterocycles. The van der Waals surface area contributed by atoms with Crippen LogP contribution in [0.5, 0.6) is 0 Å². The zero-order chi connectivity index (χ0) is 14.7. The summed E-state index contributed by atoms with van der Waals surface area (Å²) in [6.45, 7) is 0. The van der Waals surface area contributed by atoms with Crippen molar-refractivity contribution in [1.82, 2.24) is 0 Å². The van der Waals surface area contributed by atoms with Gasteiger partial charge in [-0.3, -0.25) is 4.79 Å². The van der Waals surface area contributed by atoms with Crippen molar-refractivity contribution in [3.8, 4) is 0 Å². The first-order chi connectivity index (χ1) is 10.2. The average Bonchev–Trinajstić information content (AvgIpc) is 2.52. The zero-order valence-electron chi connectivity index (χ0n) is 11.3. The Kier molecular flexibility index (Phi) is 3.98. The van der Waals surface area contributed by atoms with Gasteiger partial charge in [-0.1, -0.05) is 70.5 Å². The lowest BCUT2D eigenvalue weighted by molar-refractivity contribution is 0.104. The maximum absolute atomic E-state index is 12.1. The molecule has 0 saturated heterocycles. The second-order valence-corrected chi connectivity index (χ2v) is 5.73. The van der Waals surface area contributed by atoms with Gasteiger partial charge in [0.05, 0.1) is 0 Å². The van der Waals surface area contributed by atoms with Gasteiger partial charge in [0.25, 0.3) is 0 Å². The molecule has 0 atom stereocenters. The summed E-state index contributed by atoms with van der Waals surface area (Å²) < 4.78 is 0.910. The van der Waals surface area contributed by atoms with Gasteiger partial charge in [-0.25, -0.2) is 0 Å². The number of fused-ring (bicyclic) bond motifs is 1. The smallest absolute Gasteiger partial charge is 0.185 e. The number of halogens is 1. The second-order valence-electron chi connectivity index (χ2n) is 4.81. The molecule has 102 valence electrons. The first kappa shape index (κ1) is 13.8. The van der Waals surface area contributed by atoms with Crippen molar-refractivity contribution in [1.29, 1.82) is 0 Å². The normalized spacial score (nSPS) is 11.1.